The molecule has 2 heteroatoms. The standard InChI is InChI=1S/C11H17NO/c1-8-7-10(8)12-11(13)6-5-9-3-2-4-9/h5-6,8-10H,2-4,7H2,1H3,(H,12,13)/b6-5+/t8-,10-/m1/s1. The highest BCUT2D eigenvalue weighted by molar-refractivity contribution is 5.88. The van der Waals surface area contributed by atoms with Crippen LogP contribution in [0.4, 0.5) is 0 Å². The van der Waals surface area contributed by atoms with Crippen LogP contribution in [0.15, 0.2) is 12.2 Å². The molecule has 2 saturated carbocycles. The van der Waals surface area contributed by atoms with Gasteiger partial charge in [-0.1, -0.05) is 19.4 Å². The monoisotopic (exact) mass is 179 g/mol. The minimum Gasteiger partial charge on any atom is -0.350 e. The Morgan fingerprint density at radius 1 is 1.46 bits per heavy atom. The summed E-state index contributed by atoms with van der Waals surface area (Å²) in [4.78, 5) is 11.3. The van der Waals surface area contributed by atoms with Gasteiger partial charge in [0.25, 0.3) is 0 Å². The number of rotatable bonds is 3. The van der Waals surface area contributed by atoms with Gasteiger partial charge >= 0.3 is 0 Å². The van der Waals surface area contributed by atoms with E-state index in [1.165, 1.54) is 19.3 Å². The Bertz CT molecular complexity index is 230. The summed E-state index contributed by atoms with van der Waals surface area (Å²) in [6.07, 6.45) is 8.80. The molecule has 2 aliphatic rings. The molecule has 0 aromatic carbocycles. The minimum atomic E-state index is 0.0984. The lowest BCUT2D eigenvalue weighted by Crippen LogP contribution is -2.24. The Balaban J connectivity index is 1.68. The van der Waals surface area contributed by atoms with Gasteiger partial charge in [-0.05, 0) is 37.2 Å². The number of allylic oxidation sites excluding steroid dienone is 1. The summed E-state index contributed by atoms with van der Waals surface area (Å²) in [6, 6.07) is 0.457. The molecule has 2 rings (SSSR count). The smallest absolute Gasteiger partial charge is 0.243 e. The lowest BCUT2D eigenvalue weighted by molar-refractivity contribution is -0.116. The van der Waals surface area contributed by atoms with Crippen molar-refractivity contribution in [3.63, 3.8) is 0 Å². The van der Waals surface area contributed by atoms with Gasteiger partial charge in [0, 0.05) is 6.04 Å². The summed E-state index contributed by atoms with van der Waals surface area (Å²) < 4.78 is 0. The van der Waals surface area contributed by atoms with E-state index in [1.807, 2.05) is 0 Å². The van der Waals surface area contributed by atoms with Crippen molar-refractivity contribution in [2.45, 2.75) is 38.6 Å². The average Bonchev–Trinajstić information content (AvgIpc) is 2.63. The fourth-order valence-corrected chi connectivity index (χ4v) is 1.61. The zero-order chi connectivity index (χ0) is 9.26. The van der Waals surface area contributed by atoms with E-state index >= 15 is 0 Å². The van der Waals surface area contributed by atoms with Crippen molar-refractivity contribution in [1.29, 1.82) is 0 Å². The summed E-state index contributed by atoms with van der Waals surface area (Å²) in [5, 5.41) is 2.98. The van der Waals surface area contributed by atoms with E-state index in [2.05, 4.69) is 18.3 Å². The van der Waals surface area contributed by atoms with E-state index < -0.39 is 0 Å². The molecular formula is C11H17NO. The molecule has 1 N–H and O–H groups in total. The summed E-state index contributed by atoms with van der Waals surface area (Å²) in [6.45, 7) is 2.17. The first-order chi connectivity index (χ1) is 6.25. The number of hydrogen-bond acceptors (Lipinski definition) is 1. The summed E-state index contributed by atoms with van der Waals surface area (Å²) in [5.74, 6) is 1.48. The van der Waals surface area contributed by atoms with Crippen LogP contribution in [0.1, 0.15) is 32.6 Å². The maximum absolute atomic E-state index is 11.3. The minimum absolute atomic E-state index is 0.0984. The van der Waals surface area contributed by atoms with Crippen LogP contribution in [0.25, 0.3) is 0 Å². The topological polar surface area (TPSA) is 29.1 Å². The van der Waals surface area contributed by atoms with Crippen molar-refractivity contribution in [2.24, 2.45) is 11.8 Å². The van der Waals surface area contributed by atoms with Crippen molar-refractivity contribution < 1.29 is 4.79 Å². The third kappa shape index (κ3) is 2.33. The van der Waals surface area contributed by atoms with Gasteiger partial charge in [0.1, 0.15) is 0 Å². The van der Waals surface area contributed by atoms with Gasteiger partial charge < -0.3 is 5.32 Å². The van der Waals surface area contributed by atoms with E-state index in [0.717, 1.165) is 6.42 Å². The van der Waals surface area contributed by atoms with E-state index in [4.69, 9.17) is 0 Å². The fraction of sp³-hybridized carbons (Fsp3) is 0.727. The highest BCUT2D eigenvalue weighted by Gasteiger charge is 2.33. The summed E-state index contributed by atoms with van der Waals surface area (Å²) in [5.41, 5.74) is 0. The van der Waals surface area contributed by atoms with Crippen molar-refractivity contribution in [3.05, 3.63) is 12.2 Å². The van der Waals surface area contributed by atoms with Crippen LogP contribution in [-0.2, 0) is 4.79 Å². The molecule has 13 heavy (non-hydrogen) atoms. The van der Waals surface area contributed by atoms with Crippen LogP contribution in [0.5, 0.6) is 0 Å². The maximum atomic E-state index is 11.3. The van der Waals surface area contributed by atoms with Crippen molar-refractivity contribution in [3.8, 4) is 0 Å². The lowest BCUT2D eigenvalue weighted by Gasteiger charge is -2.21. The van der Waals surface area contributed by atoms with Crippen molar-refractivity contribution in [2.75, 3.05) is 0 Å². The van der Waals surface area contributed by atoms with E-state index in [0.29, 0.717) is 17.9 Å². The molecule has 0 aromatic heterocycles. The number of carbonyl (C=O) groups excluding carboxylic acids is 1. The molecule has 2 aliphatic carbocycles. The van der Waals surface area contributed by atoms with Gasteiger partial charge in [-0.15, -0.1) is 0 Å². The third-order valence-electron chi connectivity index (χ3n) is 3.11. The number of amides is 1. The lowest BCUT2D eigenvalue weighted by atomic mass is 9.85. The van der Waals surface area contributed by atoms with Crippen LogP contribution >= 0.6 is 0 Å². The molecular weight excluding hydrogens is 162 g/mol. The molecule has 1 amide bonds. The predicted molar refractivity (Wildman–Crippen MR) is 52.2 cm³/mol. The van der Waals surface area contributed by atoms with Gasteiger partial charge in [0.15, 0.2) is 0 Å². The van der Waals surface area contributed by atoms with Gasteiger partial charge in [-0.25, -0.2) is 0 Å². The first-order valence-corrected chi connectivity index (χ1v) is 5.24. The number of nitrogens with one attached hydrogen (secondary N) is 1. The molecule has 2 atom stereocenters. The largest absolute Gasteiger partial charge is 0.350 e. The normalized spacial score (nSPS) is 33.0. The molecule has 0 radical (unpaired) electrons. The first-order valence-electron chi connectivity index (χ1n) is 5.24. The number of hydrogen-bond donors (Lipinski definition) is 1. The summed E-state index contributed by atoms with van der Waals surface area (Å²) in [7, 11) is 0. The maximum Gasteiger partial charge on any atom is 0.243 e. The number of carbonyl (C=O) groups is 1. The molecule has 0 bridgehead atoms. The average molecular weight is 179 g/mol. The Morgan fingerprint density at radius 2 is 2.15 bits per heavy atom. The third-order valence-corrected chi connectivity index (χ3v) is 3.11. The molecule has 0 spiro atoms. The first kappa shape index (κ1) is 8.79. The zero-order valence-electron chi connectivity index (χ0n) is 8.12. The molecule has 0 aliphatic heterocycles. The Kier molecular flexibility index (Phi) is 2.38. The van der Waals surface area contributed by atoms with Crippen LogP contribution in [-0.4, -0.2) is 11.9 Å². The van der Waals surface area contributed by atoms with Crippen LogP contribution in [0, 0.1) is 11.8 Å². The Morgan fingerprint density at radius 3 is 2.62 bits per heavy atom. The molecule has 0 aromatic rings. The van der Waals surface area contributed by atoms with Crippen LogP contribution < -0.4 is 5.32 Å². The van der Waals surface area contributed by atoms with Gasteiger partial charge in [-0.2, -0.15) is 0 Å². The second kappa shape index (κ2) is 3.52. The van der Waals surface area contributed by atoms with Crippen LogP contribution in [0.3, 0.4) is 0 Å². The van der Waals surface area contributed by atoms with Crippen LogP contribution in [0.2, 0.25) is 0 Å². The second-order valence-electron chi connectivity index (χ2n) is 4.38. The highest BCUT2D eigenvalue weighted by atomic mass is 16.1. The SMILES string of the molecule is C[C@@H]1C[C@H]1NC(=O)/C=C/C1CCC1. The molecule has 72 valence electrons. The molecule has 2 nitrogen and oxygen atoms in total. The van der Waals surface area contributed by atoms with Crippen molar-refractivity contribution >= 4 is 5.91 Å². The quantitative estimate of drug-likeness (QED) is 0.658. The molecule has 0 saturated heterocycles. The van der Waals surface area contributed by atoms with Crippen molar-refractivity contribution in [1.82, 2.24) is 5.32 Å². The zero-order valence-corrected chi connectivity index (χ0v) is 8.12. The second-order valence-corrected chi connectivity index (χ2v) is 4.38. The van der Waals surface area contributed by atoms with Gasteiger partial charge in [-0.3, -0.25) is 4.79 Å². The highest BCUT2D eigenvalue weighted by Crippen LogP contribution is 2.29. The van der Waals surface area contributed by atoms with Gasteiger partial charge in [0.2, 0.25) is 5.91 Å². The van der Waals surface area contributed by atoms with E-state index in [9.17, 15) is 4.79 Å². The summed E-state index contributed by atoms with van der Waals surface area (Å²) >= 11 is 0. The Labute approximate surface area is 79.4 Å². The molecule has 0 heterocycles. The molecule has 0 unspecified atom stereocenters. The molecule has 2 fully saturated rings. The fourth-order valence-electron chi connectivity index (χ4n) is 1.61. The predicted octanol–water partition coefficient (Wildman–Crippen LogP) is 1.87. The van der Waals surface area contributed by atoms with E-state index in [-0.39, 0.29) is 5.91 Å². The van der Waals surface area contributed by atoms with Gasteiger partial charge in [0.05, 0.1) is 0 Å². The Hall–Kier alpha value is -0.790. The van der Waals surface area contributed by atoms with E-state index in [1.54, 1.807) is 6.08 Å².